The molecule has 0 amide bonds. The van der Waals surface area contributed by atoms with Crippen molar-refractivity contribution < 1.29 is 8.78 Å². The van der Waals surface area contributed by atoms with Gasteiger partial charge >= 0.3 is 0 Å². The summed E-state index contributed by atoms with van der Waals surface area (Å²) in [5.74, 6) is -1.97. The molecule has 0 aromatic heterocycles. The van der Waals surface area contributed by atoms with Crippen molar-refractivity contribution in [3.05, 3.63) is 40.9 Å². The molecule has 0 aliphatic heterocycles. The molecule has 0 radical (unpaired) electrons. The van der Waals surface area contributed by atoms with Crippen molar-refractivity contribution in [1.29, 1.82) is 0 Å². The summed E-state index contributed by atoms with van der Waals surface area (Å²) in [5, 5.41) is -0.222. The molecule has 3 heteroatoms. The fraction of sp³-hybridized carbons (Fsp3) is 0. The van der Waals surface area contributed by atoms with Gasteiger partial charge in [0.1, 0.15) is 0 Å². The summed E-state index contributed by atoms with van der Waals surface area (Å²) >= 11 is 5.41. The fourth-order valence-corrected chi connectivity index (χ4v) is 0.929. The monoisotopic (exact) mass is 174 g/mol. The third kappa shape index (κ3) is 1.40. The Balaban J connectivity index is 3.36. The molecule has 0 saturated carbocycles. The lowest BCUT2D eigenvalue weighted by molar-refractivity contribution is 0.509. The van der Waals surface area contributed by atoms with Gasteiger partial charge in [-0.1, -0.05) is 30.3 Å². The van der Waals surface area contributed by atoms with Gasteiger partial charge in [0, 0.05) is 0 Å². The molecule has 0 saturated heterocycles. The Labute approximate surface area is 68.1 Å². The maximum atomic E-state index is 12.6. The Bertz CT molecular complexity index is 294. The van der Waals surface area contributed by atoms with Crippen molar-refractivity contribution in [2.24, 2.45) is 0 Å². The normalized spacial score (nSPS) is 9.73. The maximum absolute atomic E-state index is 12.6. The van der Waals surface area contributed by atoms with E-state index in [1.54, 1.807) is 0 Å². The first-order valence-electron chi connectivity index (χ1n) is 2.92. The van der Waals surface area contributed by atoms with Gasteiger partial charge in [-0.25, -0.2) is 8.78 Å². The van der Waals surface area contributed by atoms with Gasteiger partial charge < -0.3 is 0 Å². The summed E-state index contributed by atoms with van der Waals surface area (Å²) in [6, 6.07) is 2.38. The minimum atomic E-state index is -1.02. The summed E-state index contributed by atoms with van der Waals surface area (Å²) in [7, 11) is 0. The topological polar surface area (TPSA) is 0 Å². The fourth-order valence-electron chi connectivity index (χ4n) is 0.698. The van der Waals surface area contributed by atoms with Crippen LogP contribution >= 0.6 is 11.6 Å². The first-order chi connectivity index (χ1) is 5.16. The second-order valence-electron chi connectivity index (χ2n) is 1.97. The standard InChI is InChI=1S/C8H5ClF2/c1-2-5-3-4-6(10)8(11)7(5)9/h2-4H,1H2. The van der Waals surface area contributed by atoms with Crippen LogP contribution in [0.2, 0.25) is 5.02 Å². The Morgan fingerprint density at radius 1 is 1.36 bits per heavy atom. The van der Waals surface area contributed by atoms with Crippen LogP contribution in [0.1, 0.15) is 5.56 Å². The lowest BCUT2D eigenvalue weighted by Crippen LogP contribution is -1.86. The van der Waals surface area contributed by atoms with Crippen molar-refractivity contribution in [1.82, 2.24) is 0 Å². The molecule has 11 heavy (non-hydrogen) atoms. The van der Waals surface area contributed by atoms with Crippen molar-refractivity contribution in [2.45, 2.75) is 0 Å². The first-order valence-corrected chi connectivity index (χ1v) is 3.30. The van der Waals surface area contributed by atoms with Crippen LogP contribution in [0.15, 0.2) is 18.7 Å². The zero-order valence-corrected chi connectivity index (χ0v) is 6.33. The quantitative estimate of drug-likeness (QED) is 0.574. The average molecular weight is 175 g/mol. The van der Waals surface area contributed by atoms with Crippen LogP contribution in [-0.2, 0) is 0 Å². The Hall–Kier alpha value is -0.890. The zero-order chi connectivity index (χ0) is 8.43. The SMILES string of the molecule is C=Cc1ccc(F)c(F)c1Cl. The molecule has 1 aromatic carbocycles. The van der Waals surface area contributed by atoms with Crippen LogP contribution in [0.4, 0.5) is 8.78 Å². The molecular formula is C8H5ClF2. The number of hydrogen-bond donors (Lipinski definition) is 0. The third-order valence-corrected chi connectivity index (χ3v) is 1.67. The van der Waals surface area contributed by atoms with Gasteiger partial charge in [0.05, 0.1) is 5.02 Å². The Morgan fingerprint density at radius 3 is 2.55 bits per heavy atom. The van der Waals surface area contributed by atoms with Crippen LogP contribution in [0.5, 0.6) is 0 Å². The molecule has 0 fully saturated rings. The number of rotatable bonds is 1. The molecule has 0 spiro atoms. The second-order valence-corrected chi connectivity index (χ2v) is 2.35. The number of halogens is 3. The number of benzene rings is 1. The van der Waals surface area contributed by atoms with Crippen LogP contribution in [-0.4, -0.2) is 0 Å². The van der Waals surface area contributed by atoms with Gasteiger partial charge in [0.25, 0.3) is 0 Å². The largest absolute Gasteiger partial charge is 0.204 e. The van der Waals surface area contributed by atoms with Crippen molar-refractivity contribution in [3.8, 4) is 0 Å². The summed E-state index contributed by atoms with van der Waals surface area (Å²) in [6.07, 6.45) is 1.37. The summed E-state index contributed by atoms with van der Waals surface area (Å²) in [4.78, 5) is 0. The van der Waals surface area contributed by atoms with E-state index in [9.17, 15) is 8.78 Å². The van der Waals surface area contributed by atoms with Gasteiger partial charge in [-0.3, -0.25) is 0 Å². The second kappa shape index (κ2) is 3.01. The predicted molar refractivity (Wildman–Crippen MR) is 41.5 cm³/mol. The minimum Gasteiger partial charge on any atom is -0.204 e. The molecule has 0 heterocycles. The van der Waals surface area contributed by atoms with Gasteiger partial charge in [0.15, 0.2) is 11.6 Å². The van der Waals surface area contributed by atoms with E-state index in [1.165, 1.54) is 12.1 Å². The highest BCUT2D eigenvalue weighted by atomic mass is 35.5. The third-order valence-electron chi connectivity index (χ3n) is 1.28. The van der Waals surface area contributed by atoms with E-state index in [2.05, 4.69) is 6.58 Å². The van der Waals surface area contributed by atoms with E-state index < -0.39 is 11.6 Å². The van der Waals surface area contributed by atoms with E-state index in [4.69, 9.17) is 11.6 Å². The minimum absolute atomic E-state index is 0.222. The Kier molecular flexibility index (Phi) is 2.25. The average Bonchev–Trinajstić information content (AvgIpc) is 2.01. The molecule has 0 nitrogen and oxygen atoms in total. The predicted octanol–water partition coefficient (Wildman–Crippen LogP) is 3.26. The molecule has 0 aliphatic carbocycles. The van der Waals surface area contributed by atoms with Crippen LogP contribution in [0, 0.1) is 11.6 Å². The van der Waals surface area contributed by atoms with Gasteiger partial charge in [-0.05, 0) is 11.6 Å². The molecule has 0 aliphatic rings. The smallest absolute Gasteiger partial charge is 0.177 e. The van der Waals surface area contributed by atoms with E-state index in [0.29, 0.717) is 5.56 Å². The van der Waals surface area contributed by atoms with Crippen molar-refractivity contribution >= 4 is 17.7 Å². The molecule has 58 valence electrons. The summed E-state index contributed by atoms with van der Waals surface area (Å²) in [6.45, 7) is 3.39. The molecule has 0 bridgehead atoms. The molecular weight excluding hydrogens is 170 g/mol. The van der Waals surface area contributed by atoms with Crippen LogP contribution in [0.3, 0.4) is 0 Å². The molecule has 0 N–H and O–H groups in total. The Morgan fingerprint density at radius 2 is 2.00 bits per heavy atom. The zero-order valence-electron chi connectivity index (χ0n) is 5.57. The van der Waals surface area contributed by atoms with Crippen LogP contribution in [0.25, 0.3) is 6.08 Å². The van der Waals surface area contributed by atoms with Gasteiger partial charge in [-0.15, -0.1) is 0 Å². The van der Waals surface area contributed by atoms with Gasteiger partial charge in [0.2, 0.25) is 0 Å². The van der Waals surface area contributed by atoms with Gasteiger partial charge in [-0.2, -0.15) is 0 Å². The van der Waals surface area contributed by atoms with E-state index >= 15 is 0 Å². The number of hydrogen-bond acceptors (Lipinski definition) is 0. The van der Waals surface area contributed by atoms with E-state index in [0.717, 1.165) is 6.07 Å². The highest BCUT2D eigenvalue weighted by molar-refractivity contribution is 6.32. The first kappa shape index (κ1) is 8.21. The molecule has 1 aromatic rings. The molecule has 0 unspecified atom stereocenters. The maximum Gasteiger partial charge on any atom is 0.177 e. The van der Waals surface area contributed by atoms with E-state index in [1.807, 2.05) is 0 Å². The van der Waals surface area contributed by atoms with E-state index in [-0.39, 0.29) is 5.02 Å². The lowest BCUT2D eigenvalue weighted by atomic mass is 10.2. The highest BCUT2D eigenvalue weighted by Crippen LogP contribution is 2.22. The lowest BCUT2D eigenvalue weighted by Gasteiger charge is -1.98. The highest BCUT2D eigenvalue weighted by Gasteiger charge is 2.08. The van der Waals surface area contributed by atoms with Crippen molar-refractivity contribution in [3.63, 3.8) is 0 Å². The summed E-state index contributed by atoms with van der Waals surface area (Å²) in [5.41, 5.74) is 0.394. The summed E-state index contributed by atoms with van der Waals surface area (Å²) < 4.78 is 25.0. The van der Waals surface area contributed by atoms with Crippen LogP contribution < -0.4 is 0 Å². The molecule has 0 atom stereocenters. The van der Waals surface area contributed by atoms with Crippen molar-refractivity contribution in [2.75, 3.05) is 0 Å². The molecule has 1 rings (SSSR count).